The Morgan fingerprint density at radius 3 is 2.13 bits per heavy atom. The summed E-state index contributed by atoms with van der Waals surface area (Å²) in [5.41, 5.74) is 0.482. The summed E-state index contributed by atoms with van der Waals surface area (Å²) in [5, 5.41) is 3.18. The predicted octanol–water partition coefficient (Wildman–Crippen LogP) is 3.02. The highest BCUT2D eigenvalue weighted by molar-refractivity contribution is 7.89. The van der Waals surface area contributed by atoms with Gasteiger partial charge in [-0.3, -0.25) is 9.59 Å². The molecule has 31 heavy (non-hydrogen) atoms. The number of nitrogens with one attached hydrogen (secondary N) is 1. The second-order valence-corrected chi connectivity index (χ2v) is 11.0. The zero-order chi connectivity index (χ0) is 22.6. The molecule has 0 bridgehead atoms. The van der Waals surface area contributed by atoms with Crippen LogP contribution in [0, 0.1) is 5.92 Å². The van der Waals surface area contributed by atoms with Crippen molar-refractivity contribution in [1.82, 2.24) is 14.5 Å². The molecule has 0 spiro atoms. The van der Waals surface area contributed by atoms with Gasteiger partial charge in [0.2, 0.25) is 15.9 Å². The van der Waals surface area contributed by atoms with Gasteiger partial charge in [0.25, 0.3) is 5.91 Å². The number of nitrogens with zero attached hydrogens (tertiary/aromatic N) is 2. The maximum atomic E-state index is 12.9. The molecular formula is C23H35N3O4S. The van der Waals surface area contributed by atoms with Gasteiger partial charge in [-0.2, -0.15) is 4.31 Å². The number of piperidine rings is 1. The van der Waals surface area contributed by atoms with Gasteiger partial charge in [0.05, 0.1) is 4.90 Å². The summed E-state index contributed by atoms with van der Waals surface area (Å²) in [7, 11) is -2.01. The molecule has 1 saturated heterocycles. The first kappa shape index (κ1) is 23.7. The average Bonchev–Trinajstić information content (AvgIpc) is 2.79. The third kappa shape index (κ3) is 5.66. The number of hydrogen-bond donors (Lipinski definition) is 1. The van der Waals surface area contributed by atoms with Crippen molar-refractivity contribution in [2.45, 2.75) is 75.8 Å². The van der Waals surface area contributed by atoms with Gasteiger partial charge in [-0.1, -0.05) is 19.3 Å². The Bertz CT molecular complexity index is 869. The van der Waals surface area contributed by atoms with Crippen LogP contribution in [0.4, 0.5) is 0 Å². The van der Waals surface area contributed by atoms with E-state index in [1.54, 1.807) is 24.1 Å². The van der Waals surface area contributed by atoms with E-state index in [1.165, 1.54) is 22.9 Å². The molecule has 2 fully saturated rings. The van der Waals surface area contributed by atoms with Gasteiger partial charge < -0.3 is 10.2 Å². The third-order valence-electron chi connectivity index (χ3n) is 6.61. The van der Waals surface area contributed by atoms with Crippen LogP contribution in [0.3, 0.4) is 0 Å². The predicted molar refractivity (Wildman–Crippen MR) is 120 cm³/mol. The Kier molecular flexibility index (Phi) is 7.75. The topological polar surface area (TPSA) is 86.8 Å². The Morgan fingerprint density at radius 2 is 1.58 bits per heavy atom. The molecule has 0 radical (unpaired) electrons. The minimum Gasteiger partial charge on any atom is -0.353 e. The molecule has 1 saturated carbocycles. The zero-order valence-corrected chi connectivity index (χ0v) is 19.7. The van der Waals surface area contributed by atoms with Crippen LogP contribution in [0.25, 0.3) is 0 Å². The van der Waals surface area contributed by atoms with Gasteiger partial charge in [0.1, 0.15) is 0 Å². The van der Waals surface area contributed by atoms with Crippen molar-refractivity contribution in [3.05, 3.63) is 29.8 Å². The smallest absolute Gasteiger partial charge is 0.253 e. The summed E-state index contributed by atoms with van der Waals surface area (Å²) in [4.78, 5) is 27.3. The SMILES string of the molecule is CC(C)N(C)S(=O)(=O)c1ccc(C(=O)N2CCC(NC(=O)C3CCCCC3)CC2)cc1. The Labute approximate surface area is 186 Å². The molecule has 8 heteroatoms. The fourth-order valence-corrected chi connectivity index (χ4v) is 5.67. The van der Waals surface area contributed by atoms with E-state index >= 15 is 0 Å². The van der Waals surface area contributed by atoms with Gasteiger partial charge in [-0.25, -0.2) is 8.42 Å². The van der Waals surface area contributed by atoms with Crippen LogP contribution in [-0.2, 0) is 14.8 Å². The van der Waals surface area contributed by atoms with Gasteiger partial charge in [-0.15, -0.1) is 0 Å². The van der Waals surface area contributed by atoms with E-state index in [0.29, 0.717) is 18.7 Å². The van der Waals surface area contributed by atoms with E-state index in [-0.39, 0.29) is 34.7 Å². The number of rotatable bonds is 6. The fraction of sp³-hybridized carbons (Fsp3) is 0.652. The molecule has 0 unspecified atom stereocenters. The molecule has 0 aromatic heterocycles. The highest BCUT2D eigenvalue weighted by atomic mass is 32.2. The number of carbonyl (C=O) groups excluding carboxylic acids is 2. The Balaban J connectivity index is 1.54. The van der Waals surface area contributed by atoms with Crippen molar-refractivity contribution in [3.8, 4) is 0 Å². The number of sulfonamides is 1. The zero-order valence-electron chi connectivity index (χ0n) is 18.8. The number of likely N-dealkylation sites (tertiary alicyclic amines) is 1. The average molecular weight is 450 g/mol. The van der Waals surface area contributed by atoms with Gasteiger partial charge >= 0.3 is 0 Å². The van der Waals surface area contributed by atoms with Crippen molar-refractivity contribution in [2.24, 2.45) is 5.92 Å². The Morgan fingerprint density at radius 1 is 1.00 bits per heavy atom. The van der Waals surface area contributed by atoms with Crippen LogP contribution < -0.4 is 5.32 Å². The molecule has 1 N–H and O–H groups in total. The molecule has 2 amide bonds. The third-order valence-corrected chi connectivity index (χ3v) is 8.66. The van der Waals surface area contributed by atoms with E-state index in [2.05, 4.69) is 5.32 Å². The van der Waals surface area contributed by atoms with Gasteiger partial charge in [-0.05, 0) is 63.8 Å². The van der Waals surface area contributed by atoms with Gasteiger partial charge in [0, 0.05) is 43.7 Å². The molecule has 3 rings (SSSR count). The maximum Gasteiger partial charge on any atom is 0.253 e. The molecule has 172 valence electrons. The molecule has 1 aliphatic carbocycles. The second-order valence-electron chi connectivity index (χ2n) is 9.05. The van der Waals surface area contributed by atoms with E-state index in [0.717, 1.165) is 38.5 Å². The van der Waals surface area contributed by atoms with Crippen molar-refractivity contribution >= 4 is 21.8 Å². The van der Waals surface area contributed by atoms with E-state index < -0.39 is 10.0 Å². The first-order valence-electron chi connectivity index (χ1n) is 11.4. The first-order chi connectivity index (χ1) is 14.7. The Hall–Kier alpha value is -1.93. The normalized spacial score (nSPS) is 19.1. The number of benzene rings is 1. The van der Waals surface area contributed by atoms with Crippen LogP contribution in [0.1, 0.15) is 69.2 Å². The maximum absolute atomic E-state index is 12.9. The van der Waals surface area contributed by atoms with Crippen LogP contribution >= 0.6 is 0 Å². The largest absolute Gasteiger partial charge is 0.353 e. The first-order valence-corrected chi connectivity index (χ1v) is 12.8. The lowest BCUT2D eigenvalue weighted by Gasteiger charge is -2.33. The molecule has 2 aliphatic rings. The molecule has 1 heterocycles. The molecule has 0 atom stereocenters. The van der Waals surface area contributed by atoms with E-state index in [9.17, 15) is 18.0 Å². The van der Waals surface area contributed by atoms with Crippen LogP contribution in [0.5, 0.6) is 0 Å². The van der Waals surface area contributed by atoms with Crippen LogP contribution in [0.15, 0.2) is 29.2 Å². The summed E-state index contributed by atoms with van der Waals surface area (Å²) in [6.07, 6.45) is 6.97. The van der Waals surface area contributed by atoms with Crippen molar-refractivity contribution < 1.29 is 18.0 Å². The van der Waals surface area contributed by atoms with Crippen LogP contribution in [0.2, 0.25) is 0 Å². The van der Waals surface area contributed by atoms with Crippen molar-refractivity contribution in [1.29, 1.82) is 0 Å². The van der Waals surface area contributed by atoms with Crippen molar-refractivity contribution in [2.75, 3.05) is 20.1 Å². The summed E-state index contributed by atoms with van der Waals surface area (Å²) >= 11 is 0. The fourth-order valence-electron chi connectivity index (χ4n) is 4.31. The summed E-state index contributed by atoms with van der Waals surface area (Å²) in [6, 6.07) is 6.14. The minimum atomic E-state index is -3.57. The summed E-state index contributed by atoms with van der Waals surface area (Å²) in [6.45, 7) is 4.81. The monoisotopic (exact) mass is 449 g/mol. The lowest BCUT2D eigenvalue weighted by atomic mass is 9.88. The highest BCUT2D eigenvalue weighted by Crippen LogP contribution is 2.24. The van der Waals surface area contributed by atoms with Gasteiger partial charge in [0.15, 0.2) is 0 Å². The standard InChI is InChI=1S/C23H35N3O4S/c1-17(2)25(3)31(29,30)21-11-9-19(10-12-21)23(28)26-15-13-20(14-16-26)24-22(27)18-7-5-4-6-8-18/h9-12,17-18,20H,4-8,13-16H2,1-3H3,(H,24,27). The van der Waals surface area contributed by atoms with E-state index in [4.69, 9.17) is 0 Å². The second kappa shape index (κ2) is 10.1. The van der Waals surface area contributed by atoms with E-state index in [1.807, 2.05) is 13.8 Å². The highest BCUT2D eigenvalue weighted by Gasteiger charge is 2.28. The summed E-state index contributed by atoms with van der Waals surface area (Å²) < 4.78 is 26.5. The lowest BCUT2D eigenvalue weighted by Crippen LogP contribution is -2.48. The number of amides is 2. The molecule has 1 aromatic rings. The number of carbonyl (C=O) groups is 2. The molecule has 1 aromatic carbocycles. The molecule has 7 nitrogen and oxygen atoms in total. The lowest BCUT2D eigenvalue weighted by molar-refractivity contribution is -0.126. The molecule has 1 aliphatic heterocycles. The van der Waals surface area contributed by atoms with Crippen LogP contribution in [-0.4, -0.2) is 61.7 Å². The summed E-state index contributed by atoms with van der Waals surface area (Å²) in [5.74, 6) is 0.226. The molecular weight excluding hydrogens is 414 g/mol. The van der Waals surface area contributed by atoms with Crippen molar-refractivity contribution in [3.63, 3.8) is 0 Å². The quantitative estimate of drug-likeness (QED) is 0.723. The minimum absolute atomic E-state index is 0.0989. The number of hydrogen-bond acceptors (Lipinski definition) is 4.